The number of methoxy groups -OCH3 is 1. The quantitative estimate of drug-likeness (QED) is 0.625. The molecule has 8 nitrogen and oxygen atoms in total. The Hall–Kier alpha value is -3.55. The van der Waals surface area contributed by atoms with Crippen LogP contribution in [0.25, 0.3) is 21.9 Å². The molecule has 0 radical (unpaired) electrons. The van der Waals surface area contributed by atoms with E-state index in [1.54, 1.807) is 13.0 Å². The molecular weight excluding hydrogens is 398 g/mol. The van der Waals surface area contributed by atoms with E-state index in [1.165, 1.54) is 7.11 Å². The van der Waals surface area contributed by atoms with E-state index < -0.39 is 23.5 Å². The van der Waals surface area contributed by atoms with E-state index in [2.05, 4.69) is 10.6 Å². The van der Waals surface area contributed by atoms with Gasteiger partial charge in [0.05, 0.1) is 12.8 Å². The standard InChI is InChI=1S/C23H23N3O5/c1-13(26-21(28)23(25-22(26)29)9-5-6-10-23)20(27)24-16-12-18-15(11-19(16)30-2)14-7-3-4-8-17(14)31-18/h3-4,7-8,11-13H,5-6,9-10H2,1-2H3,(H,24,27)(H,25,29)/t13-/m0/s1. The SMILES string of the molecule is COc1cc2c(cc1NC(=O)[C@H](C)N1C(=O)NC3(CCCC3)C1=O)oc1ccccc12. The topological polar surface area (TPSA) is 101 Å². The van der Waals surface area contributed by atoms with Gasteiger partial charge >= 0.3 is 6.03 Å². The lowest BCUT2D eigenvalue weighted by Crippen LogP contribution is -2.48. The molecule has 1 saturated heterocycles. The minimum absolute atomic E-state index is 0.322. The maximum atomic E-state index is 13.0. The van der Waals surface area contributed by atoms with Crippen molar-refractivity contribution in [1.29, 1.82) is 0 Å². The summed E-state index contributed by atoms with van der Waals surface area (Å²) < 4.78 is 11.4. The van der Waals surface area contributed by atoms with Gasteiger partial charge in [-0.2, -0.15) is 0 Å². The molecule has 0 unspecified atom stereocenters. The van der Waals surface area contributed by atoms with Crippen molar-refractivity contribution >= 4 is 45.5 Å². The zero-order valence-corrected chi connectivity index (χ0v) is 17.4. The summed E-state index contributed by atoms with van der Waals surface area (Å²) in [5, 5.41) is 7.42. The third-order valence-electron chi connectivity index (χ3n) is 6.37. The molecule has 1 aliphatic carbocycles. The number of furan rings is 1. The van der Waals surface area contributed by atoms with Crippen LogP contribution in [0.1, 0.15) is 32.6 Å². The predicted octanol–water partition coefficient (Wildman–Crippen LogP) is 3.79. The Balaban J connectivity index is 1.43. The van der Waals surface area contributed by atoms with E-state index >= 15 is 0 Å². The van der Waals surface area contributed by atoms with Crippen molar-refractivity contribution in [2.24, 2.45) is 0 Å². The summed E-state index contributed by atoms with van der Waals surface area (Å²) in [6.45, 7) is 1.55. The first-order chi connectivity index (χ1) is 14.9. The highest BCUT2D eigenvalue weighted by Gasteiger charge is 2.54. The van der Waals surface area contributed by atoms with E-state index in [0.717, 1.165) is 34.1 Å². The average Bonchev–Trinajstić information content (AvgIpc) is 3.43. The maximum Gasteiger partial charge on any atom is 0.325 e. The molecule has 8 heteroatoms. The number of hydrogen-bond acceptors (Lipinski definition) is 5. The largest absolute Gasteiger partial charge is 0.495 e. The van der Waals surface area contributed by atoms with Crippen molar-refractivity contribution in [2.45, 2.75) is 44.2 Å². The third-order valence-corrected chi connectivity index (χ3v) is 6.37. The smallest absolute Gasteiger partial charge is 0.325 e. The average molecular weight is 421 g/mol. The summed E-state index contributed by atoms with van der Waals surface area (Å²) >= 11 is 0. The molecule has 2 aliphatic rings. The van der Waals surface area contributed by atoms with Crippen LogP contribution in [0.2, 0.25) is 0 Å². The Morgan fingerprint density at radius 3 is 2.65 bits per heavy atom. The van der Waals surface area contributed by atoms with Gasteiger partial charge in [-0.25, -0.2) is 9.69 Å². The van der Waals surface area contributed by atoms with E-state index in [1.807, 2.05) is 30.3 Å². The molecule has 1 aromatic heterocycles. The number of urea groups is 1. The summed E-state index contributed by atoms with van der Waals surface area (Å²) in [6.07, 6.45) is 2.99. The van der Waals surface area contributed by atoms with Crippen molar-refractivity contribution < 1.29 is 23.5 Å². The minimum Gasteiger partial charge on any atom is -0.495 e. The molecule has 31 heavy (non-hydrogen) atoms. The number of anilines is 1. The normalized spacial score (nSPS) is 18.7. The number of rotatable bonds is 4. The van der Waals surface area contributed by atoms with Crippen molar-refractivity contribution in [1.82, 2.24) is 10.2 Å². The highest BCUT2D eigenvalue weighted by Crippen LogP contribution is 2.38. The number of imide groups is 1. The fourth-order valence-electron chi connectivity index (χ4n) is 4.68. The van der Waals surface area contributed by atoms with Crippen LogP contribution in [0, 0.1) is 0 Å². The number of carbonyl (C=O) groups is 3. The lowest BCUT2D eigenvalue weighted by atomic mass is 9.97. The maximum absolute atomic E-state index is 13.0. The van der Waals surface area contributed by atoms with Crippen molar-refractivity contribution in [2.75, 3.05) is 12.4 Å². The minimum atomic E-state index is -0.969. The van der Waals surface area contributed by atoms with Crippen LogP contribution in [0.5, 0.6) is 5.75 Å². The summed E-state index contributed by atoms with van der Waals surface area (Å²) in [5.41, 5.74) is 0.896. The molecule has 2 heterocycles. The fraction of sp³-hybridized carbons (Fsp3) is 0.348. The van der Waals surface area contributed by atoms with Crippen LogP contribution >= 0.6 is 0 Å². The second kappa shape index (κ2) is 7.01. The number of carbonyl (C=O) groups excluding carboxylic acids is 3. The molecule has 1 spiro atoms. The molecule has 1 aliphatic heterocycles. The van der Waals surface area contributed by atoms with Gasteiger partial charge in [-0.1, -0.05) is 31.0 Å². The molecule has 1 saturated carbocycles. The van der Waals surface area contributed by atoms with Crippen molar-refractivity contribution in [3.8, 4) is 5.75 Å². The molecule has 2 aromatic carbocycles. The van der Waals surface area contributed by atoms with Crippen LogP contribution in [0.15, 0.2) is 40.8 Å². The second-order valence-corrected chi connectivity index (χ2v) is 8.21. The molecule has 5 rings (SSSR count). The first kappa shape index (κ1) is 19.4. The first-order valence-corrected chi connectivity index (χ1v) is 10.4. The van der Waals surface area contributed by atoms with Gasteiger partial charge in [-0.05, 0) is 31.9 Å². The molecule has 2 fully saturated rings. The number of para-hydroxylation sites is 1. The number of hydrogen-bond donors (Lipinski definition) is 2. The zero-order chi connectivity index (χ0) is 21.8. The Morgan fingerprint density at radius 1 is 1.16 bits per heavy atom. The van der Waals surface area contributed by atoms with E-state index in [4.69, 9.17) is 9.15 Å². The van der Waals surface area contributed by atoms with E-state index in [-0.39, 0.29) is 5.91 Å². The van der Waals surface area contributed by atoms with Crippen LogP contribution in [0.4, 0.5) is 10.5 Å². The molecule has 4 amide bonds. The van der Waals surface area contributed by atoms with Crippen LogP contribution in [-0.2, 0) is 9.59 Å². The molecule has 160 valence electrons. The number of fused-ring (bicyclic) bond motifs is 3. The van der Waals surface area contributed by atoms with Crippen LogP contribution in [0.3, 0.4) is 0 Å². The molecule has 1 atom stereocenters. The monoisotopic (exact) mass is 421 g/mol. The highest BCUT2D eigenvalue weighted by atomic mass is 16.5. The molecule has 3 aromatic rings. The lowest BCUT2D eigenvalue weighted by molar-refractivity contribution is -0.136. The number of ether oxygens (including phenoxy) is 1. The van der Waals surface area contributed by atoms with Crippen LogP contribution in [-0.4, -0.2) is 41.4 Å². The van der Waals surface area contributed by atoms with Gasteiger partial charge in [0.1, 0.15) is 28.5 Å². The molecule has 2 N–H and O–H groups in total. The molecule has 0 bridgehead atoms. The van der Waals surface area contributed by atoms with E-state index in [0.29, 0.717) is 29.9 Å². The van der Waals surface area contributed by atoms with Gasteiger partial charge in [0, 0.05) is 16.8 Å². The van der Waals surface area contributed by atoms with Gasteiger partial charge in [0.2, 0.25) is 5.91 Å². The predicted molar refractivity (Wildman–Crippen MR) is 115 cm³/mol. The number of benzene rings is 2. The number of nitrogens with zero attached hydrogens (tertiary/aromatic N) is 1. The van der Waals surface area contributed by atoms with Crippen molar-refractivity contribution in [3.05, 3.63) is 36.4 Å². The molecular formula is C23H23N3O5. The number of amides is 4. The Kier molecular flexibility index (Phi) is 4.39. The fourth-order valence-corrected chi connectivity index (χ4v) is 4.68. The van der Waals surface area contributed by atoms with Gasteiger partial charge in [-0.15, -0.1) is 0 Å². The highest BCUT2D eigenvalue weighted by molar-refractivity contribution is 6.12. The van der Waals surface area contributed by atoms with Crippen molar-refractivity contribution in [3.63, 3.8) is 0 Å². The Morgan fingerprint density at radius 2 is 1.90 bits per heavy atom. The van der Waals surface area contributed by atoms with Gasteiger partial charge in [-0.3, -0.25) is 9.59 Å². The second-order valence-electron chi connectivity index (χ2n) is 8.21. The lowest BCUT2D eigenvalue weighted by Gasteiger charge is -2.23. The third kappa shape index (κ3) is 2.93. The summed E-state index contributed by atoms with van der Waals surface area (Å²) in [5.74, 6) is -0.339. The summed E-state index contributed by atoms with van der Waals surface area (Å²) in [6, 6.07) is 9.66. The van der Waals surface area contributed by atoms with E-state index in [9.17, 15) is 14.4 Å². The summed E-state index contributed by atoms with van der Waals surface area (Å²) in [4.78, 5) is 39.5. The Bertz CT molecular complexity index is 1220. The summed E-state index contributed by atoms with van der Waals surface area (Å²) in [7, 11) is 1.52. The zero-order valence-electron chi connectivity index (χ0n) is 17.4. The number of nitrogens with one attached hydrogen (secondary N) is 2. The first-order valence-electron chi connectivity index (χ1n) is 10.4. The van der Waals surface area contributed by atoms with Gasteiger partial charge in [0.15, 0.2) is 0 Å². The van der Waals surface area contributed by atoms with Gasteiger partial charge in [0.25, 0.3) is 5.91 Å². The van der Waals surface area contributed by atoms with Crippen LogP contribution < -0.4 is 15.4 Å². The van der Waals surface area contributed by atoms with Gasteiger partial charge < -0.3 is 19.8 Å². The Labute approximate surface area is 178 Å².